The van der Waals surface area contributed by atoms with Crippen molar-refractivity contribution in [1.82, 2.24) is 4.98 Å². The van der Waals surface area contributed by atoms with Gasteiger partial charge in [-0.3, -0.25) is 4.98 Å². The van der Waals surface area contributed by atoms with Gasteiger partial charge in [0.05, 0.1) is 18.4 Å². The van der Waals surface area contributed by atoms with Crippen LogP contribution >= 0.6 is 0 Å². The minimum Gasteiger partial charge on any atom is -0.462 e. The molecule has 1 aliphatic carbocycles. The molecule has 2 rings (SSSR count). The zero-order chi connectivity index (χ0) is 10.7. The summed E-state index contributed by atoms with van der Waals surface area (Å²) in [5, 5.41) is 0. The maximum Gasteiger partial charge on any atom is 0.341 e. The van der Waals surface area contributed by atoms with Gasteiger partial charge >= 0.3 is 5.97 Å². The molecular weight excluding hydrogens is 197 g/mol. The fraction of sp³-hybridized carbons (Fsp3) is 0.455. The number of pyridine rings is 1. The quantitative estimate of drug-likeness (QED) is 0.713. The third-order valence-electron chi connectivity index (χ3n) is 2.45. The monoisotopic (exact) mass is 209 g/mol. The second-order valence-electron chi connectivity index (χ2n) is 3.72. The highest BCUT2D eigenvalue weighted by molar-refractivity contribution is 5.89. The summed E-state index contributed by atoms with van der Waals surface area (Å²) < 4.78 is 18.0. The van der Waals surface area contributed by atoms with Gasteiger partial charge in [0.15, 0.2) is 5.82 Å². The predicted octanol–water partition coefficient (Wildman–Crippen LogP) is 2.18. The van der Waals surface area contributed by atoms with Gasteiger partial charge in [0.2, 0.25) is 0 Å². The number of hydrogen-bond donors (Lipinski definition) is 0. The Morgan fingerprint density at radius 1 is 1.60 bits per heavy atom. The molecule has 0 spiro atoms. The first-order valence-electron chi connectivity index (χ1n) is 5.04. The first-order valence-corrected chi connectivity index (χ1v) is 5.04. The molecule has 0 radical (unpaired) electrons. The molecule has 0 N–H and O–H groups in total. The molecule has 1 saturated carbocycles. The highest BCUT2D eigenvalue weighted by Crippen LogP contribution is 2.32. The largest absolute Gasteiger partial charge is 0.462 e. The average Bonchev–Trinajstić information content (AvgIpc) is 3.02. The highest BCUT2D eigenvalue weighted by Gasteiger charge is 2.21. The zero-order valence-electron chi connectivity index (χ0n) is 8.28. The van der Waals surface area contributed by atoms with Crippen LogP contribution in [0.3, 0.4) is 0 Å². The molecule has 1 aromatic heterocycles. The number of esters is 1. The van der Waals surface area contributed by atoms with Gasteiger partial charge in [-0.1, -0.05) is 12.8 Å². The molecule has 4 heteroatoms. The van der Waals surface area contributed by atoms with Gasteiger partial charge < -0.3 is 4.74 Å². The summed E-state index contributed by atoms with van der Waals surface area (Å²) in [4.78, 5) is 14.9. The van der Waals surface area contributed by atoms with E-state index in [1.165, 1.54) is 25.1 Å². The fourth-order valence-corrected chi connectivity index (χ4v) is 1.34. The number of aromatic nitrogens is 1. The Morgan fingerprint density at radius 2 is 2.40 bits per heavy atom. The van der Waals surface area contributed by atoms with Gasteiger partial charge in [0.25, 0.3) is 0 Å². The Labute approximate surface area is 87.3 Å². The van der Waals surface area contributed by atoms with Crippen molar-refractivity contribution in [2.75, 3.05) is 6.61 Å². The van der Waals surface area contributed by atoms with E-state index in [9.17, 15) is 9.18 Å². The smallest absolute Gasteiger partial charge is 0.341 e. The van der Waals surface area contributed by atoms with Crippen LogP contribution < -0.4 is 0 Å². The Morgan fingerprint density at radius 3 is 3.07 bits per heavy atom. The van der Waals surface area contributed by atoms with E-state index in [-0.39, 0.29) is 5.56 Å². The van der Waals surface area contributed by atoms with E-state index in [0.717, 1.165) is 12.6 Å². The standard InChI is InChI=1S/C11H12FNO2/c12-10-7-13-5-3-9(10)11(14)15-6-4-8-1-2-8/h3,5,7-8H,1-2,4,6H2. The van der Waals surface area contributed by atoms with Crippen molar-refractivity contribution in [2.24, 2.45) is 5.92 Å². The van der Waals surface area contributed by atoms with E-state index in [1.807, 2.05) is 0 Å². The number of nitrogens with zero attached hydrogens (tertiary/aromatic N) is 1. The van der Waals surface area contributed by atoms with Crippen molar-refractivity contribution >= 4 is 5.97 Å². The van der Waals surface area contributed by atoms with Crippen molar-refractivity contribution in [3.05, 3.63) is 29.8 Å². The number of carbonyl (C=O) groups excluding carboxylic acids is 1. The minimum absolute atomic E-state index is 0.0409. The lowest BCUT2D eigenvalue weighted by atomic mass is 10.2. The van der Waals surface area contributed by atoms with Crippen molar-refractivity contribution in [1.29, 1.82) is 0 Å². The summed E-state index contributed by atoms with van der Waals surface area (Å²) in [7, 11) is 0. The molecule has 3 nitrogen and oxygen atoms in total. The lowest BCUT2D eigenvalue weighted by molar-refractivity contribution is 0.0489. The van der Waals surface area contributed by atoms with Crippen molar-refractivity contribution in [3.8, 4) is 0 Å². The second-order valence-corrected chi connectivity index (χ2v) is 3.72. The zero-order valence-corrected chi connectivity index (χ0v) is 8.28. The highest BCUT2D eigenvalue weighted by atomic mass is 19.1. The maximum absolute atomic E-state index is 13.1. The van der Waals surface area contributed by atoms with Gasteiger partial charge in [-0.2, -0.15) is 0 Å². The lowest BCUT2D eigenvalue weighted by Crippen LogP contribution is -2.09. The summed E-state index contributed by atoms with van der Waals surface area (Å²) in [6, 6.07) is 1.33. The van der Waals surface area contributed by atoms with E-state index in [0.29, 0.717) is 12.5 Å². The van der Waals surface area contributed by atoms with Gasteiger partial charge in [0.1, 0.15) is 0 Å². The molecule has 1 aliphatic rings. The molecule has 0 atom stereocenters. The Bertz CT molecular complexity index is 363. The molecule has 0 saturated heterocycles. The van der Waals surface area contributed by atoms with Crippen LogP contribution in [0, 0.1) is 11.7 Å². The molecule has 1 aromatic rings. The third kappa shape index (κ3) is 2.75. The Hall–Kier alpha value is -1.45. The van der Waals surface area contributed by atoms with Crippen LogP contribution in [-0.4, -0.2) is 17.6 Å². The summed E-state index contributed by atoms with van der Waals surface area (Å²) in [5.41, 5.74) is -0.0409. The SMILES string of the molecule is O=C(OCCC1CC1)c1ccncc1F. The first-order chi connectivity index (χ1) is 7.27. The van der Waals surface area contributed by atoms with Crippen LogP contribution in [0.4, 0.5) is 4.39 Å². The van der Waals surface area contributed by atoms with Crippen LogP contribution in [0.15, 0.2) is 18.5 Å². The molecule has 0 aromatic carbocycles. The molecule has 1 heterocycles. The first kappa shape index (κ1) is 10.1. The molecule has 1 fully saturated rings. The number of ether oxygens (including phenoxy) is 1. The summed E-state index contributed by atoms with van der Waals surface area (Å²) in [5.74, 6) is -0.524. The van der Waals surface area contributed by atoms with E-state index in [2.05, 4.69) is 4.98 Å². The number of halogens is 1. The average molecular weight is 209 g/mol. The van der Waals surface area contributed by atoms with E-state index >= 15 is 0 Å². The Kier molecular flexibility index (Phi) is 2.94. The molecule has 0 unspecified atom stereocenters. The normalized spacial score (nSPS) is 15.0. The van der Waals surface area contributed by atoms with Gasteiger partial charge in [-0.15, -0.1) is 0 Å². The summed E-state index contributed by atoms with van der Waals surface area (Å²) in [6.07, 6.45) is 5.72. The lowest BCUT2D eigenvalue weighted by Gasteiger charge is -2.04. The van der Waals surface area contributed by atoms with Crippen molar-refractivity contribution < 1.29 is 13.9 Å². The van der Waals surface area contributed by atoms with E-state index in [4.69, 9.17) is 4.74 Å². The third-order valence-corrected chi connectivity index (χ3v) is 2.45. The minimum atomic E-state index is -0.631. The van der Waals surface area contributed by atoms with Crippen LogP contribution in [-0.2, 0) is 4.74 Å². The van der Waals surface area contributed by atoms with Crippen molar-refractivity contribution in [3.63, 3.8) is 0 Å². The molecule has 0 amide bonds. The fourth-order valence-electron chi connectivity index (χ4n) is 1.34. The summed E-state index contributed by atoms with van der Waals surface area (Å²) >= 11 is 0. The maximum atomic E-state index is 13.1. The molecule has 15 heavy (non-hydrogen) atoms. The van der Waals surface area contributed by atoms with E-state index < -0.39 is 11.8 Å². The second kappa shape index (κ2) is 4.38. The number of rotatable bonds is 4. The predicted molar refractivity (Wildman–Crippen MR) is 51.8 cm³/mol. The van der Waals surface area contributed by atoms with Crippen LogP contribution in [0.25, 0.3) is 0 Å². The van der Waals surface area contributed by atoms with Gasteiger partial charge in [-0.05, 0) is 18.4 Å². The van der Waals surface area contributed by atoms with E-state index in [1.54, 1.807) is 0 Å². The van der Waals surface area contributed by atoms with Gasteiger partial charge in [-0.25, -0.2) is 9.18 Å². The summed E-state index contributed by atoms with van der Waals surface area (Å²) in [6.45, 7) is 0.380. The molecule has 80 valence electrons. The number of hydrogen-bond acceptors (Lipinski definition) is 3. The molecular formula is C11H12FNO2. The van der Waals surface area contributed by atoms with Crippen LogP contribution in [0.5, 0.6) is 0 Å². The number of carbonyl (C=O) groups is 1. The van der Waals surface area contributed by atoms with Crippen molar-refractivity contribution in [2.45, 2.75) is 19.3 Å². The molecule has 0 aliphatic heterocycles. The van der Waals surface area contributed by atoms with Gasteiger partial charge in [0, 0.05) is 6.20 Å². The molecule has 0 bridgehead atoms. The Balaban J connectivity index is 1.86. The van der Waals surface area contributed by atoms with Crippen LogP contribution in [0.2, 0.25) is 0 Å². The van der Waals surface area contributed by atoms with Crippen LogP contribution in [0.1, 0.15) is 29.6 Å². The topological polar surface area (TPSA) is 39.2 Å².